The summed E-state index contributed by atoms with van der Waals surface area (Å²) in [5.74, 6) is 1.73. The van der Waals surface area contributed by atoms with Crippen LogP contribution < -0.4 is 0 Å². The van der Waals surface area contributed by atoms with Crippen molar-refractivity contribution in [1.29, 1.82) is 0 Å². The Hall–Kier alpha value is 0.360. The third-order valence-corrected chi connectivity index (χ3v) is 7.06. The van der Waals surface area contributed by atoms with Gasteiger partial charge in [-0.1, -0.05) is 31.4 Å². The van der Waals surface area contributed by atoms with Crippen LogP contribution in [0.15, 0.2) is 12.2 Å². The largest absolute Gasteiger partial charge is 0.303 e. The van der Waals surface area contributed by atoms with E-state index in [1.54, 1.807) is 0 Å². The molecule has 1 unspecified atom stereocenters. The lowest BCUT2D eigenvalue weighted by Crippen LogP contribution is -2.40. The lowest BCUT2D eigenvalue weighted by atomic mass is 9.94. The fraction of sp³-hybridized carbons (Fsp3) is 0.913. The number of likely N-dealkylation sites (tertiary alicyclic amines) is 2. The molecule has 4 heteroatoms. The fourth-order valence-electron chi connectivity index (χ4n) is 4.76. The predicted molar refractivity (Wildman–Crippen MR) is 128 cm³/mol. The third kappa shape index (κ3) is 10.6. The van der Waals surface area contributed by atoms with E-state index in [0.29, 0.717) is 5.25 Å². The summed E-state index contributed by atoms with van der Waals surface area (Å²) in [6.45, 7) is 12.3. The van der Waals surface area contributed by atoms with Gasteiger partial charge in [0, 0.05) is 18.3 Å². The molecule has 0 N–H and O–H groups in total. The van der Waals surface area contributed by atoms with E-state index in [0.717, 1.165) is 18.1 Å². The number of thiol groups is 2. The zero-order valence-electron chi connectivity index (χ0n) is 17.6. The van der Waals surface area contributed by atoms with Crippen molar-refractivity contribution in [3.05, 3.63) is 12.2 Å². The first-order valence-electron chi connectivity index (χ1n) is 11.6. The molecule has 0 amide bonds. The monoisotopic (exact) mass is 412 g/mol. The van der Waals surface area contributed by atoms with Crippen LogP contribution in [0.5, 0.6) is 0 Å². The Morgan fingerprint density at radius 2 is 1.37 bits per heavy atom. The average Bonchev–Trinajstić information content (AvgIpc) is 2.67. The Morgan fingerprint density at radius 3 is 1.89 bits per heavy atom. The Balaban J connectivity index is 1.72. The fourth-order valence-corrected chi connectivity index (χ4v) is 5.59. The number of hydrogen-bond donors (Lipinski definition) is 2. The van der Waals surface area contributed by atoms with Crippen LogP contribution in [0, 0.1) is 5.92 Å². The summed E-state index contributed by atoms with van der Waals surface area (Å²) in [6.07, 6.45) is 15.8. The van der Waals surface area contributed by atoms with Crippen molar-refractivity contribution in [2.24, 2.45) is 5.92 Å². The van der Waals surface area contributed by atoms with Gasteiger partial charge in [0.2, 0.25) is 0 Å². The second-order valence-electron chi connectivity index (χ2n) is 8.95. The van der Waals surface area contributed by atoms with Gasteiger partial charge in [-0.3, -0.25) is 0 Å². The van der Waals surface area contributed by atoms with Gasteiger partial charge in [0.15, 0.2) is 0 Å². The van der Waals surface area contributed by atoms with Crippen LogP contribution >= 0.6 is 25.3 Å². The molecule has 2 saturated heterocycles. The molecule has 1 atom stereocenters. The Kier molecular flexibility index (Phi) is 12.6. The SMILES string of the molecule is C=C(CCCCC(S)CCS)CC(CN1CCCCC1)CN1CCCCC1. The molecule has 0 aromatic rings. The summed E-state index contributed by atoms with van der Waals surface area (Å²) in [5.41, 5.74) is 1.49. The molecule has 0 bridgehead atoms. The van der Waals surface area contributed by atoms with E-state index in [9.17, 15) is 0 Å². The van der Waals surface area contributed by atoms with Gasteiger partial charge in [0.05, 0.1) is 0 Å². The second kappa shape index (κ2) is 14.4. The first-order valence-corrected chi connectivity index (χ1v) is 12.7. The highest BCUT2D eigenvalue weighted by molar-refractivity contribution is 7.81. The van der Waals surface area contributed by atoms with Crippen molar-refractivity contribution in [3.63, 3.8) is 0 Å². The van der Waals surface area contributed by atoms with Gasteiger partial charge >= 0.3 is 0 Å². The molecule has 2 heterocycles. The second-order valence-corrected chi connectivity index (χ2v) is 10.1. The van der Waals surface area contributed by atoms with E-state index in [4.69, 9.17) is 0 Å². The Bertz CT molecular complexity index is 370. The molecule has 0 radical (unpaired) electrons. The summed E-state index contributed by atoms with van der Waals surface area (Å²) in [7, 11) is 0. The number of rotatable bonds is 13. The number of unbranched alkanes of at least 4 members (excludes halogenated alkanes) is 1. The molecular weight excluding hydrogens is 368 g/mol. The molecule has 0 aromatic carbocycles. The van der Waals surface area contributed by atoms with E-state index in [-0.39, 0.29) is 0 Å². The highest BCUT2D eigenvalue weighted by Crippen LogP contribution is 2.23. The molecule has 0 aliphatic carbocycles. The van der Waals surface area contributed by atoms with Gasteiger partial charge in [-0.05, 0) is 95.6 Å². The van der Waals surface area contributed by atoms with Crippen LogP contribution in [0.25, 0.3) is 0 Å². The average molecular weight is 413 g/mol. The van der Waals surface area contributed by atoms with E-state index < -0.39 is 0 Å². The summed E-state index contributed by atoms with van der Waals surface area (Å²) in [6, 6.07) is 0. The summed E-state index contributed by atoms with van der Waals surface area (Å²) < 4.78 is 0. The molecule has 2 nitrogen and oxygen atoms in total. The van der Waals surface area contributed by atoms with Crippen molar-refractivity contribution in [2.75, 3.05) is 45.0 Å². The Labute approximate surface area is 180 Å². The van der Waals surface area contributed by atoms with Gasteiger partial charge in [-0.25, -0.2) is 0 Å². The molecule has 0 saturated carbocycles. The zero-order valence-corrected chi connectivity index (χ0v) is 19.4. The van der Waals surface area contributed by atoms with Crippen LogP contribution in [0.2, 0.25) is 0 Å². The molecule has 2 fully saturated rings. The summed E-state index contributed by atoms with van der Waals surface area (Å²) in [4.78, 5) is 5.46. The van der Waals surface area contributed by atoms with Gasteiger partial charge in [0.25, 0.3) is 0 Å². The van der Waals surface area contributed by atoms with E-state index in [1.807, 2.05) is 0 Å². The number of piperidine rings is 2. The van der Waals surface area contributed by atoms with E-state index in [1.165, 1.54) is 115 Å². The third-order valence-electron chi connectivity index (χ3n) is 6.29. The summed E-state index contributed by atoms with van der Waals surface area (Å²) >= 11 is 8.97. The highest BCUT2D eigenvalue weighted by Gasteiger charge is 2.21. The molecule has 0 aromatic heterocycles. The van der Waals surface area contributed by atoms with Gasteiger partial charge in [-0.15, -0.1) is 0 Å². The maximum atomic E-state index is 4.66. The number of nitrogens with zero attached hydrogens (tertiary/aromatic N) is 2. The molecule has 2 rings (SSSR count). The normalized spacial score (nSPS) is 20.9. The number of allylic oxidation sites excluding steroid dienone is 1. The lowest BCUT2D eigenvalue weighted by Gasteiger charge is -2.35. The van der Waals surface area contributed by atoms with Crippen molar-refractivity contribution in [2.45, 2.75) is 82.3 Å². The topological polar surface area (TPSA) is 6.48 Å². The quantitative estimate of drug-likeness (QED) is 0.228. The minimum atomic E-state index is 0.529. The van der Waals surface area contributed by atoms with Crippen molar-refractivity contribution in [1.82, 2.24) is 9.80 Å². The van der Waals surface area contributed by atoms with Gasteiger partial charge < -0.3 is 9.80 Å². The maximum absolute atomic E-state index is 4.66. The van der Waals surface area contributed by atoms with Gasteiger partial charge in [0.1, 0.15) is 0 Å². The molecule has 0 spiro atoms. The molecular formula is C23H44N2S2. The van der Waals surface area contributed by atoms with Gasteiger partial charge in [-0.2, -0.15) is 25.3 Å². The van der Waals surface area contributed by atoms with Crippen molar-refractivity contribution in [3.8, 4) is 0 Å². The summed E-state index contributed by atoms with van der Waals surface area (Å²) in [5, 5.41) is 0.529. The van der Waals surface area contributed by atoms with Crippen LogP contribution in [-0.4, -0.2) is 60.1 Å². The maximum Gasteiger partial charge on any atom is 0.00250 e. The van der Waals surface area contributed by atoms with Crippen LogP contribution in [-0.2, 0) is 0 Å². The first kappa shape index (κ1) is 23.6. The van der Waals surface area contributed by atoms with Crippen LogP contribution in [0.1, 0.15) is 77.0 Å². The predicted octanol–water partition coefficient (Wildman–Crippen LogP) is 5.70. The minimum absolute atomic E-state index is 0.529. The molecule has 2 aliphatic rings. The van der Waals surface area contributed by atoms with E-state index in [2.05, 4.69) is 41.6 Å². The molecule has 27 heavy (non-hydrogen) atoms. The highest BCUT2D eigenvalue weighted by atomic mass is 32.1. The smallest absolute Gasteiger partial charge is 0.00250 e. The minimum Gasteiger partial charge on any atom is -0.303 e. The standard InChI is InChI=1S/C23H44N2S2/c1-21(10-4-5-11-23(27)12-17-26)18-22(19-24-13-6-2-7-14-24)20-25-15-8-3-9-16-25/h22-23,26-27H,1-20H2. The molecule has 2 aliphatic heterocycles. The Morgan fingerprint density at radius 1 is 0.815 bits per heavy atom. The van der Waals surface area contributed by atoms with Crippen molar-refractivity contribution >= 4 is 25.3 Å². The first-order chi connectivity index (χ1) is 13.2. The van der Waals surface area contributed by atoms with Crippen LogP contribution in [0.4, 0.5) is 0 Å². The zero-order chi connectivity index (χ0) is 19.3. The number of hydrogen-bond acceptors (Lipinski definition) is 4. The molecule has 158 valence electrons. The lowest BCUT2D eigenvalue weighted by molar-refractivity contribution is 0.144. The van der Waals surface area contributed by atoms with Crippen molar-refractivity contribution < 1.29 is 0 Å². The van der Waals surface area contributed by atoms with E-state index >= 15 is 0 Å². The van der Waals surface area contributed by atoms with Crippen LogP contribution in [0.3, 0.4) is 0 Å².